The standard InChI is InChI=1S/C14H26N4O6/c1-15(14(23)24)2-3-16-4-6-17(10-12(19)20)8-9-18(7-5-16)11-13(21)22/h2-11H2,1H3,(H,19,20)(H,21,22)(H,23,24). The monoisotopic (exact) mass is 346 g/mol. The first kappa shape index (κ1) is 20.1. The normalized spacial score (nSPS) is 18.4. The molecule has 10 nitrogen and oxygen atoms in total. The quantitative estimate of drug-likeness (QED) is 0.515. The molecule has 1 amide bonds. The van der Waals surface area contributed by atoms with Gasteiger partial charge in [0.05, 0.1) is 13.1 Å². The molecule has 1 rings (SSSR count). The van der Waals surface area contributed by atoms with E-state index in [1.807, 2.05) is 4.90 Å². The Bertz CT molecular complexity index is 419. The summed E-state index contributed by atoms with van der Waals surface area (Å²) in [6, 6.07) is 0. The molecule has 0 saturated carbocycles. The molecular weight excluding hydrogens is 320 g/mol. The van der Waals surface area contributed by atoms with Crippen molar-refractivity contribution in [1.29, 1.82) is 0 Å². The van der Waals surface area contributed by atoms with Crippen molar-refractivity contribution in [2.24, 2.45) is 0 Å². The lowest BCUT2D eigenvalue weighted by molar-refractivity contribution is -0.140. The van der Waals surface area contributed by atoms with E-state index in [1.165, 1.54) is 11.9 Å². The first-order valence-corrected chi connectivity index (χ1v) is 7.82. The molecular formula is C14H26N4O6. The summed E-state index contributed by atoms with van der Waals surface area (Å²) >= 11 is 0. The highest BCUT2D eigenvalue weighted by molar-refractivity contribution is 5.69. The Morgan fingerprint density at radius 1 is 0.792 bits per heavy atom. The van der Waals surface area contributed by atoms with Gasteiger partial charge in [-0.05, 0) is 0 Å². The Labute approximate surface area is 140 Å². The molecule has 0 radical (unpaired) electrons. The van der Waals surface area contributed by atoms with Crippen LogP contribution in [0.15, 0.2) is 0 Å². The van der Waals surface area contributed by atoms with Crippen LogP contribution in [-0.4, -0.2) is 125 Å². The van der Waals surface area contributed by atoms with Gasteiger partial charge in [-0.3, -0.25) is 24.3 Å². The zero-order valence-corrected chi connectivity index (χ0v) is 13.9. The average Bonchev–Trinajstić information content (AvgIpc) is 2.56. The number of hydrogen-bond acceptors (Lipinski definition) is 6. The number of rotatable bonds is 7. The molecule has 1 heterocycles. The van der Waals surface area contributed by atoms with Crippen molar-refractivity contribution in [1.82, 2.24) is 19.6 Å². The number of hydrogen-bond donors (Lipinski definition) is 3. The number of aliphatic carboxylic acids is 2. The molecule has 3 N–H and O–H groups in total. The molecule has 0 bridgehead atoms. The number of nitrogens with zero attached hydrogens (tertiary/aromatic N) is 4. The van der Waals surface area contributed by atoms with E-state index in [0.717, 1.165) is 0 Å². The third-order valence-electron chi connectivity index (χ3n) is 3.99. The van der Waals surface area contributed by atoms with E-state index in [-0.39, 0.29) is 13.1 Å². The molecule has 1 fully saturated rings. The maximum Gasteiger partial charge on any atom is 0.407 e. The van der Waals surface area contributed by atoms with Crippen molar-refractivity contribution >= 4 is 18.0 Å². The Balaban J connectivity index is 2.66. The van der Waals surface area contributed by atoms with Crippen LogP contribution in [0.5, 0.6) is 0 Å². The fourth-order valence-electron chi connectivity index (χ4n) is 2.49. The summed E-state index contributed by atoms with van der Waals surface area (Å²) in [6.07, 6.45) is -1.00. The second kappa shape index (κ2) is 10.1. The summed E-state index contributed by atoms with van der Waals surface area (Å²) in [5.41, 5.74) is 0. The predicted molar refractivity (Wildman–Crippen MR) is 85.2 cm³/mol. The van der Waals surface area contributed by atoms with Crippen LogP contribution in [0.2, 0.25) is 0 Å². The zero-order chi connectivity index (χ0) is 18.1. The van der Waals surface area contributed by atoms with E-state index < -0.39 is 18.0 Å². The lowest BCUT2D eigenvalue weighted by atomic mass is 10.4. The molecule has 10 heteroatoms. The zero-order valence-electron chi connectivity index (χ0n) is 13.9. The summed E-state index contributed by atoms with van der Waals surface area (Å²) < 4.78 is 0. The third kappa shape index (κ3) is 8.09. The largest absolute Gasteiger partial charge is 0.480 e. The van der Waals surface area contributed by atoms with Crippen LogP contribution in [0.4, 0.5) is 4.79 Å². The van der Waals surface area contributed by atoms with Gasteiger partial charge >= 0.3 is 18.0 Å². The first-order chi connectivity index (χ1) is 11.3. The molecule has 0 spiro atoms. The van der Waals surface area contributed by atoms with Crippen molar-refractivity contribution < 1.29 is 29.7 Å². The molecule has 1 aliphatic rings. The van der Waals surface area contributed by atoms with Gasteiger partial charge in [-0.1, -0.05) is 0 Å². The lowest BCUT2D eigenvalue weighted by Crippen LogP contribution is -2.42. The second-order valence-corrected chi connectivity index (χ2v) is 5.89. The number of carboxylic acid groups (broad SMARTS) is 3. The number of carbonyl (C=O) groups is 3. The molecule has 0 aromatic rings. The van der Waals surface area contributed by atoms with Gasteiger partial charge in [0.15, 0.2) is 0 Å². The van der Waals surface area contributed by atoms with Gasteiger partial charge in [-0.2, -0.15) is 0 Å². The van der Waals surface area contributed by atoms with Crippen LogP contribution in [0.3, 0.4) is 0 Å². The van der Waals surface area contributed by atoms with Gasteiger partial charge in [0.1, 0.15) is 0 Å². The van der Waals surface area contributed by atoms with Crippen LogP contribution in [-0.2, 0) is 9.59 Å². The van der Waals surface area contributed by atoms with Crippen LogP contribution in [0, 0.1) is 0 Å². The van der Waals surface area contributed by atoms with Gasteiger partial charge in [-0.15, -0.1) is 0 Å². The second-order valence-electron chi connectivity index (χ2n) is 5.89. The van der Waals surface area contributed by atoms with E-state index >= 15 is 0 Å². The minimum Gasteiger partial charge on any atom is -0.480 e. The average molecular weight is 346 g/mol. The number of likely N-dealkylation sites (N-methyl/N-ethyl adjacent to an activating group) is 1. The minimum absolute atomic E-state index is 0.0935. The summed E-state index contributed by atoms with van der Waals surface area (Å²) in [4.78, 5) is 39.5. The highest BCUT2D eigenvalue weighted by Gasteiger charge is 2.19. The van der Waals surface area contributed by atoms with Crippen LogP contribution in [0.1, 0.15) is 0 Å². The van der Waals surface area contributed by atoms with Gasteiger partial charge in [0.2, 0.25) is 0 Å². The lowest BCUT2D eigenvalue weighted by Gasteiger charge is -2.26. The third-order valence-corrected chi connectivity index (χ3v) is 3.99. The summed E-state index contributed by atoms with van der Waals surface area (Å²) in [5, 5.41) is 26.9. The van der Waals surface area contributed by atoms with Crippen LogP contribution in [0.25, 0.3) is 0 Å². The molecule has 0 atom stereocenters. The number of amides is 1. The first-order valence-electron chi connectivity index (χ1n) is 7.82. The van der Waals surface area contributed by atoms with Gasteiger partial charge in [0, 0.05) is 59.4 Å². The van der Waals surface area contributed by atoms with Crippen LogP contribution < -0.4 is 0 Å². The van der Waals surface area contributed by atoms with Gasteiger partial charge in [0.25, 0.3) is 0 Å². The van der Waals surface area contributed by atoms with Crippen molar-refractivity contribution in [3.8, 4) is 0 Å². The van der Waals surface area contributed by atoms with E-state index in [4.69, 9.17) is 15.3 Å². The molecule has 138 valence electrons. The summed E-state index contributed by atoms with van der Waals surface area (Å²) in [7, 11) is 1.49. The Hall–Kier alpha value is -1.91. The fraction of sp³-hybridized carbons (Fsp3) is 0.786. The van der Waals surface area contributed by atoms with E-state index in [0.29, 0.717) is 52.4 Å². The summed E-state index contributed by atoms with van der Waals surface area (Å²) in [6.45, 7) is 3.97. The molecule has 1 saturated heterocycles. The molecule has 0 aromatic carbocycles. The van der Waals surface area contributed by atoms with Crippen molar-refractivity contribution in [3.63, 3.8) is 0 Å². The molecule has 0 aliphatic carbocycles. The van der Waals surface area contributed by atoms with E-state index in [1.54, 1.807) is 9.80 Å². The highest BCUT2D eigenvalue weighted by Crippen LogP contribution is 2.01. The Kier molecular flexibility index (Phi) is 8.44. The van der Waals surface area contributed by atoms with Crippen molar-refractivity contribution in [2.75, 3.05) is 72.5 Å². The Morgan fingerprint density at radius 3 is 1.50 bits per heavy atom. The SMILES string of the molecule is CN(CCN1CCN(CC(=O)O)CCN(CC(=O)O)CC1)C(=O)O. The van der Waals surface area contributed by atoms with Crippen molar-refractivity contribution in [2.45, 2.75) is 0 Å². The van der Waals surface area contributed by atoms with Gasteiger partial charge < -0.3 is 20.2 Å². The van der Waals surface area contributed by atoms with Crippen molar-refractivity contribution in [3.05, 3.63) is 0 Å². The highest BCUT2D eigenvalue weighted by atomic mass is 16.4. The van der Waals surface area contributed by atoms with E-state index in [9.17, 15) is 14.4 Å². The molecule has 1 aliphatic heterocycles. The topological polar surface area (TPSA) is 125 Å². The maximum atomic E-state index is 10.9. The minimum atomic E-state index is -1.00. The molecule has 24 heavy (non-hydrogen) atoms. The number of carboxylic acids is 2. The van der Waals surface area contributed by atoms with E-state index in [2.05, 4.69) is 0 Å². The maximum absolute atomic E-state index is 10.9. The van der Waals surface area contributed by atoms with Gasteiger partial charge in [-0.25, -0.2) is 4.79 Å². The summed E-state index contributed by atoms with van der Waals surface area (Å²) in [5.74, 6) is -1.84. The molecule has 0 aromatic heterocycles. The predicted octanol–water partition coefficient (Wildman–Crippen LogP) is -1.31. The smallest absolute Gasteiger partial charge is 0.407 e. The molecule has 0 unspecified atom stereocenters. The fourth-order valence-corrected chi connectivity index (χ4v) is 2.49. The van der Waals surface area contributed by atoms with Crippen LogP contribution >= 0.6 is 0 Å². The Morgan fingerprint density at radius 2 is 1.17 bits per heavy atom.